The number of carbonyl (C=O) groups excluding carboxylic acids is 1. The van der Waals surface area contributed by atoms with Gasteiger partial charge in [0.05, 0.1) is 16.6 Å². The molecule has 2 aromatic carbocycles. The van der Waals surface area contributed by atoms with Crippen molar-refractivity contribution >= 4 is 39.7 Å². The Morgan fingerprint density at radius 2 is 1.67 bits per heavy atom. The van der Waals surface area contributed by atoms with Gasteiger partial charge in [0.15, 0.2) is 5.71 Å². The van der Waals surface area contributed by atoms with Crippen molar-refractivity contribution in [3.05, 3.63) is 82.3 Å². The molecule has 0 saturated heterocycles. The SMILES string of the molecule is CCN1C(=CC2=C(O)/C(=C/C3=[N+](CC)c4ccc(OP(O)O)cc4C3(C)C)C2=O)C(C)(C)c2cc(O[PH](=O)O)ccc21. The number of ketones is 1. The smallest absolute Gasteiger partial charge is 0.391 e. The molecular weight excluding hydrogens is 578 g/mol. The van der Waals surface area contributed by atoms with E-state index in [1.165, 1.54) is 0 Å². The largest absolute Gasteiger partial charge is 0.506 e. The molecule has 0 aromatic heterocycles. The monoisotopic (exact) mass is 613 g/mol. The minimum Gasteiger partial charge on any atom is -0.506 e. The number of hydrogen-bond donors (Lipinski definition) is 4. The zero-order chi connectivity index (χ0) is 30.7. The maximum Gasteiger partial charge on any atom is 0.391 e. The van der Waals surface area contributed by atoms with Crippen LogP contribution in [0.15, 0.2) is 71.2 Å². The normalized spacial score (nSPS) is 21.3. The lowest BCUT2D eigenvalue weighted by atomic mass is 9.77. The number of aliphatic hydroxyl groups is 1. The van der Waals surface area contributed by atoms with Crippen molar-refractivity contribution in [3.8, 4) is 11.5 Å². The highest BCUT2D eigenvalue weighted by molar-refractivity contribution is 7.39. The first-order chi connectivity index (χ1) is 19.7. The Bertz CT molecular complexity index is 1650. The van der Waals surface area contributed by atoms with Gasteiger partial charge in [-0.2, -0.15) is 4.58 Å². The highest BCUT2D eigenvalue weighted by Gasteiger charge is 2.47. The van der Waals surface area contributed by atoms with Gasteiger partial charge in [-0.05, 0) is 69.7 Å². The summed E-state index contributed by atoms with van der Waals surface area (Å²) in [6, 6.07) is 10.5. The molecule has 4 N–H and O–H groups in total. The summed E-state index contributed by atoms with van der Waals surface area (Å²) >= 11 is 0. The molecule has 0 spiro atoms. The highest BCUT2D eigenvalue weighted by atomic mass is 31.2. The Hall–Kier alpha value is -3.26. The van der Waals surface area contributed by atoms with Crippen LogP contribution < -0.4 is 13.9 Å². The van der Waals surface area contributed by atoms with Crippen LogP contribution in [0.5, 0.6) is 11.5 Å². The first-order valence-electron chi connectivity index (χ1n) is 13.6. The molecule has 2 aromatic rings. The van der Waals surface area contributed by atoms with E-state index < -0.39 is 27.7 Å². The lowest BCUT2D eigenvalue weighted by molar-refractivity contribution is -0.433. The van der Waals surface area contributed by atoms with E-state index in [2.05, 4.69) is 9.48 Å². The summed E-state index contributed by atoms with van der Waals surface area (Å²) in [7, 11) is -5.71. The van der Waals surface area contributed by atoms with Crippen molar-refractivity contribution in [2.75, 3.05) is 18.0 Å². The number of fused-ring (bicyclic) bond motifs is 2. The zero-order valence-corrected chi connectivity index (χ0v) is 26.2. The van der Waals surface area contributed by atoms with Gasteiger partial charge in [0.2, 0.25) is 11.5 Å². The molecule has 1 aliphatic carbocycles. The summed E-state index contributed by atoms with van der Waals surface area (Å²) in [4.78, 5) is 43.4. The number of Topliss-reactive ketones (excluding diaryl/α,β-unsaturated/α-hetero) is 1. The molecule has 12 heteroatoms. The number of carbonyl (C=O) groups is 1. The highest BCUT2D eigenvalue weighted by Crippen LogP contribution is 2.50. The summed E-state index contributed by atoms with van der Waals surface area (Å²) in [6.07, 6.45) is 3.47. The molecule has 10 nitrogen and oxygen atoms in total. The molecule has 1 unspecified atom stereocenters. The number of benzene rings is 2. The van der Waals surface area contributed by atoms with Crippen molar-refractivity contribution in [2.45, 2.75) is 52.4 Å². The predicted molar refractivity (Wildman–Crippen MR) is 162 cm³/mol. The van der Waals surface area contributed by atoms with E-state index in [1.807, 2.05) is 53.7 Å². The van der Waals surface area contributed by atoms with Crippen LogP contribution in [0, 0.1) is 0 Å². The van der Waals surface area contributed by atoms with Crippen LogP contribution in [0.1, 0.15) is 52.7 Å². The quantitative estimate of drug-likeness (QED) is 0.174. The predicted octanol–water partition coefficient (Wildman–Crippen LogP) is 5.46. The zero-order valence-electron chi connectivity index (χ0n) is 24.3. The van der Waals surface area contributed by atoms with Crippen molar-refractivity contribution in [1.29, 1.82) is 0 Å². The topological polar surface area (TPSA) is 140 Å². The second-order valence-corrected chi connectivity index (χ2v) is 12.8. The van der Waals surface area contributed by atoms with Gasteiger partial charge in [0.25, 0.3) is 0 Å². The Morgan fingerprint density at radius 1 is 1.00 bits per heavy atom. The van der Waals surface area contributed by atoms with Crippen molar-refractivity contribution in [2.24, 2.45) is 0 Å². The number of hydrogen-bond acceptors (Lipinski definition) is 8. The standard InChI is InChI=1S/C30H34N2O8P2/c1-7-31-23-11-9-17(39-41(35)36)13-21(23)29(3,4)25(31)15-19-27(33)20(28(19)34)16-26-30(5,6)22-14-18(40-42(37)38)10-12-24(22)32(26)8-2/h9-16,35-36,42H,7-8H2,1-6H3,(H-,33,34,37,38)/p+1. The first-order valence-corrected chi connectivity index (χ1v) is 16.1. The number of allylic oxidation sites excluding steroid dienone is 5. The van der Waals surface area contributed by atoms with Crippen molar-refractivity contribution < 1.29 is 42.8 Å². The van der Waals surface area contributed by atoms with Gasteiger partial charge in [0, 0.05) is 41.1 Å². The average molecular weight is 614 g/mol. The molecular formula is C30H35N2O8P2+. The summed E-state index contributed by atoms with van der Waals surface area (Å²) < 4.78 is 23.5. The maximum absolute atomic E-state index is 13.5. The van der Waals surface area contributed by atoms with Crippen LogP contribution in [0.3, 0.4) is 0 Å². The third-order valence-electron chi connectivity index (χ3n) is 8.31. The second-order valence-electron chi connectivity index (χ2n) is 11.4. The first kappa shape index (κ1) is 30.2. The lowest BCUT2D eigenvalue weighted by Crippen LogP contribution is -2.32. The van der Waals surface area contributed by atoms with Crippen LogP contribution in [-0.2, 0) is 20.2 Å². The van der Waals surface area contributed by atoms with E-state index in [0.717, 1.165) is 33.9 Å². The van der Waals surface area contributed by atoms with Gasteiger partial charge in [0.1, 0.15) is 23.8 Å². The van der Waals surface area contributed by atoms with Crippen LogP contribution in [0.2, 0.25) is 0 Å². The number of rotatable bonds is 8. The molecule has 1 atom stereocenters. The second kappa shape index (κ2) is 10.8. The minimum atomic E-state index is -3.16. The molecule has 5 rings (SSSR count). The van der Waals surface area contributed by atoms with E-state index in [1.54, 1.807) is 36.4 Å². The fraction of sp³-hybridized carbons (Fsp3) is 0.333. The molecule has 0 saturated carbocycles. The summed E-state index contributed by atoms with van der Waals surface area (Å²) in [5.74, 6) is 0.284. The molecule has 2 heterocycles. The molecule has 0 bridgehead atoms. The third-order valence-corrected chi connectivity index (χ3v) is 9.10. The van der Waals surface area contributed by atoms with E-state index in [9.17, 15) is 29.1 Å². The van der Waals surface area contributed by atoms with Crippen LogP contribution in [0.4, 0.5) is 11.4 Å². The van der Waals surface area contributed by atoms with E-state index in [0.29, 0.717) is 24.6 Å². The van der Waals surface area contributed by atoms with E-state index >= 15 is 0 Å². The van der Waals surface area contributed by atoms with Gasteiger partial charge in [-0.15, -0.1) is 0 Å². The third kappa shape index (κ3) is 4.81. The summed E-state index contributed by atoms with van der Waals surface area (Å²) in [5, 5.41) is 11.2. The number of anilines is 1. The molecule has 0 radical (unpaired) electrons. The molecule has 42 heavy (non-hydrogen) atoms. The minimum absolute atomic E-state index is 0.0799. The number of nitrogens with zero attached hydrogens (tertiary/aromatic N) is 2. The van der Waals surface area contributed by atoms with Crippen LogP contribution in [-0.4, -0.2) is 48.9 Å². The fourth-order valence-electron chi connectivity index (χ4n) is 6.21. The Balaban J connectivity index is 1.53. The van der Waals surface area contributed by atoms with E-state index in [4.69, 9.17) is 9.05 Å². The van der Waals surface area contributed by atoms with Gasteiger partial charge >= 0.3 is 16.9 Å². The summed E-state index contributed by atoms with van der Waals surface area (Å²) in [6.45, 7) is 13.2. The van der Waals surface area contributed by atoms with Crippen molar-refractivity contribution in [3.63, 3.8) is 0 Å². The van der Waals surface area contributed by atoms with Gasteiger partial charge in [-0.1, -0.05) is 13.8 Å². The van der Waals surface area contributed by atoms with Gasteiger partial charge in [-0.3, -0.25) is 4.79 Å². The van der Waals surface area contributed by atoms with Gasteiger partial charge in [-0.25, -0.2) is 4.57 Å². The average Bonchev–Trinajstić information content (AvgIpc) is 3.26. The molecule has 2 aliphatic heterocycles. The van der Waals surface area contributed by atoms with Crippen LogP contribution >= 0.6 is 16.9 Å². The lowest BCUT2D eigenvalue weighted by Gasteiger charge is -2.28. The molecule has 3 aliphatic rings. The number of likely N-dealkylation sites (N-methyl/N-ethyl adjacent to an activating group) is 1. The Labute approximate surface area is 246 Å². The number of aliphatic hydroxyl groups excluding tert-OH is 1. The molecule has 0 fully saturated rings. The van der Waals surface area contributed by atoms with Crippen LogP contribution in [0.25, 0.3) is 0 Å². The fourth-order valence-corrected chi connectivity index (χ4v) is 6.84. The van der Waals surface area contributed by atoms with E-state index in [-0.39, 0.29) is 22.7 Å². The Kier molecular flexibility index (Phi) is 7.75. The molecule has 0 amide bonds. The maximum atomic E-state index is 13.5. The summed E-state index contributed by atoms with van der Waals surface area (Å²) in [5.41, 5.74) is 4.56. The van der Waals surface area contributed by atoms with Crippen molar-refractivity contribution in [1.82, 2.24) is 0 Å². The van der Waals surface area contributed by atoms with Gasteiger partial charge < -0.3 is 33.7 Å². The Morgan fingerprint density at radius 3 is 2.26 bits per heavy atom. The molecule has 222 valence electrons.